The van der Waals surface area contributed by atoms with E-state index in [-0.39, 0.29) is 11.5 Å². The fourth-order valence-corrected chi connectivity index (χ4v) is 4.60. The molecule has 5 heteroatoms. The van der Waals surface area contributed by atoms with Crippen LogP contribution in [0.1, 0.15) is 49.4 Å². The van der Waals surface area contributed by atoms with Gasteiger partial charge in [-0.25, -0.2) is 8.42 Å². The molecule has 1 aromatic heterocycles. The summed E-state index contributed by atoms with van der Waals surface area (Å²) in [5.41, 5.74) is 1.87. The van der Waals surface area contributed by atoms with Crippen molar-refractivity contribution in [2.75, 3.05) is 5.75 Å². The summed E-state index contributed by atoms with van der Waals surface area (Å²) < 4.78 is 26.5. The van der Waals surface area contributed by atoms with Crippen LogP contribution in [0.15, 0.2) is 42.6 Å². The van der Waals surface area contributed by atoms with Gasteiger partial charge >= 0.3 is 0 Å². The molecule has 1 aromatic carbocycles. The third-order valence-corrected chi connectivity index (χ3v) is 6.14. The second kappa shape index (κ2) is 7.30. The van der Waals surface area contributed by atoms with Crippen molar-refractivity contribution < 1.29 is 8.42 Å². The first-order chi connectivity index (χ1) is 11.1. The molecule has 0 atom stereocenters. The van der Waals surface area contributed by atoms with Crippen LogP contribution in [0, 0.1) is 0 Å². The van der Waals surface area contributed by atoms with Crippen LogP contribution in [0.25, 0.3) is 0 Å². The van der Waals surface area contributed by atoms with Gasteiger partial charge in [0.1, 0.15) is 0 Å². The molecule has 0 bridgehead atoms. The Hall–Kier alpha value is -1.62. The molecule has 4 nitrogen and oxygen atoms in total. The van der Waals surface area contributed by atoms with Crippen LogP contribution in [0.4, 0.5) is 0 Å². The van der Waals surface area contributed by atoms with Crippen molar-refractivity contribution in [3.8, 4) is 0 Å². The van der Waals surface area contributed by atoms with E-state index in [1.165, 1.54) is 18.4 Å². The summed E-state index contributed by atoms with van der Waals surface area (Å²) in [6.07, 6.45) is 8.21. The van der Waals surface area contributed by atoms with Crippen LogP contribution in [-0.2, 0) is 22.0 Å². The van der Waals surface area contributed by atoms with Gasteiger partial charge in [0.2, 0.25) is 0 Å². The minimum Gasteiger partial charge on any atom is -0.269 e. The van der Waals surface area contributed by atoms with E-state index in [0.717, 1.165) is 19.3 Å². The molecular weight excluding hydrogens is 308 g/mol. The van der Waals surface area contributed by atoms with E-state index in [1.807, 2.05) is 47.3 Å². The maximum atomic E-state index is 12.3. The van der Waals surface area contributed by atoms with Crippen molar-refractivity contribution in [3.63, 3.8) is 0 Å². The minimum absolute atomic E-state index is 0.0571. The van der Waals surface area contributed by atoms with Gasteiger partial charge < -0.3 is 0 Å². The zero-order chi connectivity index (χ0) is 16.1. The molecule has 0 aliphatic heterocycles. The summed E-state index contributed by atoms with van der Waals surface area (Å²) >= 11 is 0. The fraction of sp³-hybridized carbons (Fsp3) is 0.500. The zero-order valence-corrected chi connectivity index (χ0v) is 14.2. The summed E-state index contributed by atoms with van der Waals surface area (Å²) in [5, 5.41) is 4.48. The van der Waals surface area contributed by atoms with E-state index < -0.39 is 9.84 Å². The predicted octanol–water partition coefficient (Wildman–Crippen LogP) is 3.55. The molecule has 1 aliphatic carbocycles. The van der Waals surface area contributed by atoms with Gasteiger partial charge in [-0.2, -0.15) is 5.10 Å². The molecule has 0 N–H and O–H groups in total. The molecule has 2 aromatic rings. The van der Waals surface area contributed by atoms with Crippen molar-refractivity contribution in [2.45, 2.75) is 50.3 Å². The number of sulfone groups is 1. The van der Waals surface area contributed by atoms with Crippen molar-refractivity contribution in [1.82, 2.24) is 9.78 Å². The standard InChI is InChI=1S/C18H24N2O2S/c21-23(22,14-6-9-16-7-2-1-3-8-16)15-17-12-13-20(19-17)18-10-4-5-11-18/h1-3,7-8,12-13,18H,4-6,9-11,14-15H2. The van der Waals surface area contributed by atoms with Gasteiger partial charge in [0.25, 0.3) is 0 Å². The van der Waals surface area contributed by atoms with Gasteiger partial charge in [-0.15, -0.1) is 0 Å². The highest BCUT2D eigenvalue weighted by Gasteiger charge is 2.19. The van der Waals surface area contributed by atoms with Crippen LogP contribution in [0.5, 0.6) is 0 Å². The van der Waals surface area contributed by atoms with E-state index in [9.17, 15) is 8.42 Å². The van der Waals surface area contributed by atoms with Crippen LogP contribution in [0.2, 0.25) is 0 Å². The van der Waals surface area contributed by atoms with Crippen molar-refractivity contribution >= 4 is 9.84 Å². The summed E-state index contributed by atoms with van der Waals surface area (Å²) in [6.45, 7) is 0. The van der Waals surface area contributed by atoms with E-state index in [1.54, 1.807) is 0 Å². The Morgan fingerprint density at radius 1 is 1.09 bits per heavy atom. The smallest absolute Gasteiger partial charge is 0.156 e. The molecule has 3 rings (SSSR count). The number of hydrogen-bond donors (Lipinski definition) is 0. The average Bonchev–Trinajstić information content (AvgIpc) is 3.18. The van der Waals surface area contributed by atoms with Gasteiger partial charge in [0.15, 0.2) is 9.84 Å². The van der Waals surface area contributed by atoms with Crippen LogP contribution < -0.4 is 0 Å². The number of hydrogen-bond acceptors (Lipinski definition) is 3. The molecule has 1 aliphatic rings. The van der Waals surface area contributed by atoms with Crippen molar-refractivity contribution in [3.05, 3.63) is 53.9 Å². The molecular formula is C18H24N2O2S. The van der Waals surface area contributed by atoms with Gasteiger partial charge in [-0.05, 0) is 37.3 Å². The summed E-state index contributed by atoms with van der Waals surface area (Å²) in [4.78, 5) is 0. The summed E-state index contributed by atoms with van der Waals surface area (Å²) in [6, 6.07) is 12.3. The molecule has 0 radical (unpaired) electrons. The van der Waals surface area contributed by atoms with Gasteiger partial charge in [0.05, 0.1) is 23.2 Å². The number of aryl methyl sites for hydroxylation is 1. The Kier molecular flexibility index (Phi) is 5.16. The van der Waals surface area contributed by atoms with Crippen LogP contribution in [-0.4, -0.2) is 24.0 Å². The van der Waals surface area contributed by atoms with Gasteiger partial charge in [-0.1, -0.05) is 43.2 Å². The largest absolute Gasteiger partial charge is 0.269 e. The molecule has 0 amide bonds. The predicted molar refractivity (Wildman–Crippen MR) is 92.0 cm³/mol. The number of nitrogens with zero attached hydrogens (tertiary/aromatic N) is 2. The highest BCUT2D eigenvalue weighted by atomic mass is 32.2. The normalized spacial score (nSPS) is 16.0. The first-order valence-electron chi connectivity index (χ1n) is 8.41. The van der Waals surface area contributed by atoms with E-state index in [2.05, 4.69) is 5.10 Å². The SMILES string of the molecule is O=S(=O)(CCCc1ccccc1)Cc1ccn(C2CCCC2)n1. The van der Waals surface area contributed by atoms with Crippen molar-refractivity contribution in [1.29, 1.82) is 0 Å². The topological polar surface area (TPSA) is 52.0 Å². The second-order valence-electron chi connectivity index (χ2n) is 6.41. The molecule has 124 valence electrons. The lowest BCUT2D eigenvalue weighted by Crippen LogP contribution is -2.12. The molecule has 1 saturated carbocycles. The number of aromatic nitrogens is 2. The number of rotatable bonds is 7. The highest BCUT2D eigenvalue weighted by Crippen LogP contribution is 2.28. The lowest BCUT2D eigenvalue weighted by molar-refractivity contribution is 0.464. The number of benzene rings is 1. The third-order valence-electron chi connectivity index (χ3n) is 4.49. The highest BCUT2D eigenvalue weighted by molar-refractivity contribution is 7.90. The molecule has 0 spiro atoms. The maximum Gasteiger partial charge on any atom is 0.156 e. The molecule has 1 heterocycles. The van der Waals surface area contributed by atoms with E-state index >= 15 is 0 Å². The third kappa shape index (κ3) is 4.67. The summed E-state index contributed by atoms with van der Waals surface area (Å²) in [5.74, 6) is 0.277. The van der Waals surface area contributed by atoms with Crippen LogP contribution >= 0.6 is 0 Å². The quantitative estimate of drug-likeness (QED) is 0.779. The average molecular weight is 332 g/mol. The Balaban J connectivity index is 1.52. The Labute approximate surface area is 138 Å². The summed E-state index contributed by atoms with van der Waals surface area (Å²) in [7, 11) is -3.09. The van der Waals surface area contributed by atoms with Gasteiger partial charge in [0, 0.05) is 6.20 Å². The molecule has 0 saturated heterocycles. The molecule has 1 fully saturated rings. The lowest BCUT2D eigenvalue weighted by Gasteiger charge is -2.09. The van der Waals surface area contributed by atoms with E-state index in [4.69, 9.17) is 0 Å². The van der Waals surface area contributed by atoms with Crippen LogP contribution in [0.3, 0.4) is 0 Å². The van der Waals surface area contributed by atoms with Gasteiger partial charge in [-0.3, -0.25) is 4.68 Å². The van der Waals surface area contributed by atoms with E-state index in [0.29, 0.717) is 18.2 Å². The monoisotopic (exact) mass is 332 g/mol. The Morgan fingerprint density at radius 2 is 1.83 bits per heavy atom. The zero-order valence-electron chi connectivity index (χ0n) is 13.4. The Morgan fingerprint density at radius 3 is 2.57 bits per heavy atom. The minimum atomic E-state index is -3.09. The Bertz CT molecular complexity index is 716. The molecule has 0 unspecified atom stereocenters. The molecule has 23 heavy (non-hydrogen) atoms. The van der Waals surface area contributed by atoms with Crippen molar-refractivity contribution in [2.24, 2.45) is 0 Å². The first kappa shape index (κ1) is 16.2. The second-order valence-corrected chi connectivity index (χ2v) is 8.59. The maximum absolute atomic E-state index is 12.3. The lowest BCUT2D eigenvalue weighted by atomic mass is 10.1. The fourth-order valence-electron chi connectivity index (χ4n) is 3.26. The first-order valence-corrected chi connectivity index (χ1v) is 10.2.